The summed E-state index contributed by atoms with van der Waals surface area (Å²) in [5.74, 6) is 0.209. The van der Waals surface area contributed by atoms with Crippen LogP contribution in [0.2, 0.25) is 0 Å². The van der Waals surface area contributed by atoms with E-state index in [-0.39, 0.29) is 30.6 Å². The predicted octanol–water partition coefficient (Wildman–Crippen LogP) is 3.12. The van der Waals surface area contributed by atoms with Crippen LogP contribution in [0.15, 0.2) is 30.3 Å². The molecule has 0 fully saturated rings. The monoisotopic (exact) mass is 206 g/mol. The van der Waals surface area contributed by atoms with E-state index >= 15 is 0 Å². The molecule has 0 saturated carbocycles. The summed E-state index contributed by atoms with van der Waals surface area (Å²) < 4.78 is 0. The number of carbonyl (C=O) groups is 1. The Morgan fingerprint density at radius 1 is 1.17 bits per heavy atom. The molecule has 0 N–H and O–H groups in total. The van der Waals surface area contributed by atoms with Crippen LogP contribution in [-0.4, -0.2) is 5.78 Å². The van der Waals surface area contributed by atoms with Gasteiger partial charge in [0.2, 0.25) is 0 Å². The first-order valence-corrected chi connectivity index (χ1v) is 3.43. The Balaban J connectivity index is 0. The molecule has 0 aliphatic heterocycles. The first-order chi connectivity index (χ1) is 4.84. The summed E-state index contributed by atoms with van der Waals surface area (Å²) in [5.41, 5.74) is 0.810. The van der Waals surface area contributed by atoms with Crippen LogP contribution < -0.4 is 0 Å². The summed E-state index contributed by atoms with van der Waals surface area (Å²) in [6.07, 6.45) is 0.587. The summed E-state index contributed by atoms with van der Waals surface area (Å²) in [6.45, 7) is 1.87. The molecule has 0 aliphatic rings. The molecule has 3 heteroatoms. The fourth-order valence-corrected chi connectivity index (χ4v) is 0.828. The van der Waals surface area contributed by atoms with Crippen molar-refractivity contribution in [1.29, 1.82) is 0 Å². The van der Waals surface area contributed by atoms with Gasteiger partial charge >= 0.3 is 0 Å². The summed E-state index contributed by atoms with van der Waals surface area (Å²) in [6, 6.07) is 9.34. The van der Waals surface area contributed by atoms with Crippen molar-refractivity contribution in [2.24, 2.45) is 0 Å². The maximum Gasteiger partial charge on any atom is 0.162 e. The van der Waals surface area contributed by atoms with Crippen LogP contribution in [-0.2, 0) is 0 Å². The third kappa shape index (κ3) is 3.74. The Bertz CT molecular complexity index is 221. The standard InChI is InChI=1S/C9H10O.2ClH/c1-2-9(10)8-6-4-3-5-7-8;;/h3-7H,2H2,1H3;2*1H. The van der Waals surface area contributed by atoms with Crippen molar-refractivity contribution >= 4 is 30.6 Å². The second kappa shape index (κ2) is 7.14. The smallest absolute Gasteiger partial charge is 0.162 e. The quantitative estimate of drug-likeness (QED) is 0.681. The SMILES string of the molecule is CCC(=O)c1ccccc1.Cl.Cl. The van der Waals surface area contributed by atoms with E-state index in [1.165, 1.54) is 0 Å². The third-order valence-corrected chi connectivity index (χ3v) is 1.42. The third-order valence-electron chi connectivity index (χ3n) is 1.42. The lowest BCUT2D eigenvalue weighted by molar-refractivity contribution is 0.0988. The van der Waals surface area contributed by atoms with Gasteiger partial charge in [-0.15, -0.1) is 24.8 Å². The molecule has 0 saturated heterocycles. The molecule has 0 aromatic heterocycles. The van der Waals surface area contributed by atoms with Crippen molar-refractivity contribution in [3.05, 3.63) is 35.9 Å². The number of benzene rings is 1. The van der Waals surface area contributed by atoms with Crippen LogP contribution in [0.25, 0.3) is 0 Å². The fraction of sp³-hybridized carbons (Fsp3) is 0.222. The summed E-state index contributed by atoms with van der Waals surface area (Å²) >= 11 is 0. The van der Waals surface area contributed by atoms with Gasteiger partial charge in [0, 0.05) is 12.0 Å². The highest BCUT2D eigenvalue weighted by Gasteiger charge is 1.98. The summed E-state index contributed by atoms with van der Waals surface area (Å²) in [5, 5.41) is 0. The maximum absolute atomic E-state index is 11.0. The van der Waals surface area contributed by atoms with Gasteiger partial charge < -0.3 is 0 Å². The largest absolute Gasteiger partial charge is 0.294 e. The summed E-state index contributed by atoms with van der Waals surface area (Å²) in [4.78, 5) is 11.0. The van der Waals surface area contributed by atoms with E-state index in [1.807, 2.05) is 37.3 Å². The van der Waals surface area contributed by atoms with Crippen molar-refractivity contribution in [2.75, 3.05) is 0 Å². The Kier molecular flexibility index (Phi) is 8.34. The van der Waals surface area contributed by atoms with Crippen LogP contribution in [0.1, 0.15) is 23.7 Å². The highest BCUT2D eigenvalue weighted by atomic mass is 35.5. The van der Waals surface area contributed by atoms with Crippen molar-refractivity contribution in [1.82, 2.24) is 0 Å². The molecule has 0 aliphatic carbocycles. The molecule has 1 nitrogen and oxygen atoms in total. The molecule has 0 bridgehead atoms. The van der Waals surface area contributed by atoms with Crippen LogP contribution in [0, 0.1) is 0 Å². The Morgan fingerprint density at radius 3 is 2.08 bits per heavy atom. The lowest BCUT2D eigenvalue weighted by Gasteiger charge is -1.93. The zero-order chi connectivity index (χ0) is 7.40. The molecule has 0 unspecified atom stereocenters. The van der Waals surface area contributed by atoms with E-state index in [0.717, 1.165) is 5.56 Å². The highest BCUT2D eigenvalue weighted by Crippen LogP contribution is 2.01. The molecular weight excluding hydrogens is 195 g/mol. The average Bonchev–Trinajstić information content (AvgIpc) is 2.05. The summed E-state index contributed by atoms with van der Waals surface area (Å²) in [7, 11) is 0. The van der Waals surface area contributed by atoms with Crippen molar-refractivity contribution in [3.63, 3.8) is 0 Å². The molecule has 0 atom stereocenters. The maximum atomic E-state index is 11.0. The van der Waals surface area contributed by atoms with Gasteiger partial charge in [0.1, 0.15) is 0 Å². The van der Waals surface area contributed by atoms with Gasteiger partial charge in [0.25, 0.3) is 0 Å². The van der Waals surface area contributed by atoms with Gasteiger partial charge in [-0.3, -0.25) is 4.79 Å². The van der Waals surface area contributed by atoms with Crippen LogP contribution in [0.5, 0.6) is 0 Å². The minimum atomic E-state index is 0. The van der Waals surface area contributed by atoms with E-state index in [9.17, 15) is 4.79 Å². The Labute approximate surface area is 85.0 Å². The Morgan fingerprint density at radius 2 is 1.67 bits per heavy atom. The molecule has 0 spiro atoms. The van der Waals surface area contributed by atoms with Gasteiger partial charge in [-0.05, 0) is 0 Å². The van der Waals surface area contributed by atoms with E-state index in [1.54, 1.807) is 0 Å². The van der Waals surface area contributed by atoms with Gasteiger partial charge in [-0.1, -0.05) is 37.3 Å². The van der Waals surface area contributed by atoms with Crippen LogP contribution in [0.4, 0.5) is 0 Å². The predicted molar refractivity (Wildman–Crippen MR) is 55.6 cm³/mol. The number of rotatable bonds is 2. The number of carbonyl (C=O) groups excluding carboxylic acids is 1. The molecule has 0 amide bonds. The molecule has 12 heavy (non-hydrogen) atoms. The second-order valence-electron chi connectivity index (χ2n) is 2.14. The van der Waals surface area contributed by atoms with Crippen molar-refractivity contribution in [2.45, 2.75) is 13.3 Å². The van der Waals surface area contributed by atoms with E-state index in [0.29, 0.717) is 6.42 Å². The van der Waals surface area contributed by atoms with Crippen LogP contribution in [0.3, 0.4) is 0 Å². The zero-order valence-corrected chi connectivity index (χ0v) is 8.45. The topological polar surface area (TPSA) is 17.1 Å². The van der Waals surface area contributed by atoms with Crippen molar-refractivity contribution in [3.8, 4) is 0 Å². The number of halogens is 2. The molecular formula is C9H12Cl2O. The lowest BCUT2D eigenvalue weighted by atomic mass is 10.1. The molecule has 68 valence electrons. The van der Waals surface area contributed by atoms with E-state index < -0.39 is 0 Å². The normalized spacial score (nSPS) is 7.75. The van der Waals surface area contributed by atoms with Gasteiger partial charge in [0.05, 0.1) is 0 Å². The average molecular weight is 207 g/mol. The van der Waals surface area contributed by atoms with Crippen LogP contribution >= 0.6 is 24.8 Å². The fourth-order valence-electron chi connectivity index (χ4n) is 0.828. The molecule has 1 rings (SSSR count). The molecule has 1 aromatic rings. The van der Waals surface area contributed by atoms with E-state index in [2.05, 4.69) is 0 Å². The highest BCUT2D eigenvalue weighted by molar-refractivity contribution is 5.95. The number of hydrogen-bond acceptors (Lipinski definition) is 1. The number of Topliss-reactive ketones (excluding diaryl/α,β-unsaturated/α-hetero) is 1. The van der Waals surface area contributed by atoms with E-state index in [4.69, 9.17) is 0 Å². The molecule has 0 heterocycles. The minimum absolute atomic E-state index is 0. The molecule has 1 aromatic carbocycles. The van der Waals surface area contributed by atoms with Gasteiger partial charge in [-0.25, -0.2) is 0 Å². The number of ketones is 1. The number of hydrogen-bond donors (Lipinski definition) is 0. The lowest BCUT2D eigenvalue weighted by Crippen LogP contribution is -1.94. The van der Waals surface area contributed by atoms with Gasteiger partial charge in [-0.2, -0.15) is 0 Å². The first kappa shape index (κ1) is 14.0. The first-order valence-electron chi connectivity index (χ1n) is 3.43. The van der Waals surface area contributed by atoms with Gasteiger partial charge in [0.15, 0.2) is 5.78 Å². The zero-order valence-electron chi connectivity index (χ0n) is 6.82. The van der Waals surface area contributed by atoms with Crippen molar-refractivity contribution < 1.29 is 4.79 Å². The Hall–Kier alpha value is -0.530. The molecule has 0 radical (unpaired) electrons. The minimum Gasteiger partial charge on any atom is -0.294 e. The second-order valence-corrected chi connectivity index (χ2v) is 2.14.